The topological polar surface area (TPSA) is 112 Å². The summed E-state index contributed by atoms with van der Waals surface area (Å²) in [6.45, 7) is 0. The molecular weight excluding hydrogens is 440 g/mol. The number of benzene rings is 1. The number of anilines is 1. The van der Waals surface area contributed by atoms with E-state index in [9.17, 15) is 9.18 Å². The zero-order valence-corrected chi connectivity index (χ0v) is 17.8. The van der Waals surface area contributed by atoms with Gasteiger partial charge >= 0.3 is 0 Å². The zero-order valence-electron chi connectivity index (χ0n) is 17.0. The number of thioether (sulfide) groups is 1. The third-order valence-corrected chi connectivity index (χ3v) is 6.55. The van der Waals surface area contributed by atoms with Crippen LogP contribution in [0.2, 0.25) is 0 Å². The Morgan fingerprint density at radius 1 is 1.31 bits per heavy atom. The molecule has 174 valence electrons. The van der Waals surface area contributed by atoms with Gasteiger partial charge in [0.2, 0.25) is 5.88 Å². The van der Waals surface area contributed by atoms with Crippen LogP contribution in [-0.4, -0.2) is 47.1 Å². The van der Waals surface area contributed by atoms with Crippen molar-refractivity contribution in [3.63, 3.8) is 0 Å². The number of hydrogen-bond acceptors (Lipinski definition) is 8. The highest BCUT2D eigenvalue weighted by molar-refractivity contribution is 8.13. The van der Waals surface area contributed by atoms with Crippen molar-refractivity contribution in [1.82, 2.24) is 9.97 Å². The number of fused-ring (bicyclic) bond motifs is 1. The highest BCUT2D eigenvalue weighted by Crippen LogP contribution is 2.52. The number of nitrogens with two attached hydrogens (primary N) is 1. The Hall–Kier alpha value is -2.79. The Bertz CT molecular complexity index is 992. The number of halogens is 2. The molecule has 0 unspecified atom stereocenters. The van der Waals surface area contributed by atoms with Gasteiger partial charge in [0.15, 0.2) is 5.17 Å². The molecule has 1 saturated carbocycles. The van der Waals surface area contributed by atoms with Gasteiger partial charge in [-0.25, -0.2) is 14.4 Å². The molecule has 0 radical (unpaired) electrons. The molecule has 3 N–H and O–H groups in total. The lowest BCUT2D eigenvalue weighted by molar-refractivity contribution is 0.101. The lowest BCUT2D eigenvalue weighted by Crippen LogP contribution is -2.37. The van der Waals surface area contributed by atoms with Gasteiger partial charge in [0, 0.05) is 36.5 Å². The summed E-state index contributed by atoms with van der Waals surface area (Å²) in [6.07, 6.45) is 3.95. The number of carbonyl (C=O) groups excluding carboxylic acids is 1. The summed E-state index contributed by atoms with van der Waals surface area (Å²) < 4.78 is 25.5. The van der Waals surface area contributed by atoms with E-state index in [1.54, 1.807) is 13.2 Å². The van der Waals surface area contributed by atoms with Crippen LogP contribution in [0.1, 0.15) is 36.3 Å². The van der Waals surface area contributed by atoms with Crippen molar-refractivity contribution in [2.24, 2.45) is 16.6 Å². The number of amidine groups is 1. The van der Waals surface area contributed by atoms with Gasteiger partial charge in [-0.2, -0.15) is 0 Å². The number of aromatic nitrogens is 2. The number of aliphatic imine (C=N–C) groups is 1. The van der Waals surface area contributed by atoms with Crippen molar-refractivity contribution in [1.29, 1.82) is 0 Å². The molecule has 0 saturated heterocycles. The van der Waals surface area contributed by atoms with Crippen molar-refractivity contribution in [3.05, 3.63) is 47.7 Å². The number of carbonyl (C=O) groups is 1. The van der Waals surface area contributed by atoms with Crippen LogP contribution in [0.4, 0.5) is 14.8 Å². The summed E-state index contributed by atoms with van der Waals surface area (Å²) in [4.78, 5) is 25.2. The first-order valence-electron chi connectivity index (χ1n) is 9.43. The van der Waals surface area contributed by atoms with Gasteiger partial charge in [-0.05, 0) is 24.6 Å². The number of nitrogens with zero attached hydrogens (tertiary/aromatic N) is 3. The lowest BCUT2D eigenvalue weighted by atomic mass is 9.81. The summed E-state index contributed by atoms with van der Waals surface area (Å²) in [5, 5.41) is 3.19. The number of ether oxygens (including phenoxy) is 2. The van der Waals surface area contributed by atoms with Crippen molar-refractivity contribution in [2.75, 3.05) is 25.3 Å². The maximum absolute atomic E-state index is 15.0. The average molecular weight is 468 g/mol. The minimum Gasteiger partial charge on any atom is -0.480 e. The Labute approximate surface area is 189 Å². The molecule has 8 nitrogen and oxygen atoms in total. The third kappa shape index (κ3) is 4.68. The number of amides is 1. The quantitative estimate of drug-likeness (QED) is 0.694. The summed E-state index contributed by atoms with van der Waals surface area (Å²) in [5.74, 6) is 0.294. The second kappa shape index (κ2) is 10.2. The van der Waals surface area contributed by atoms with Crippen LogP contribution < -0.4 is 15.8 Å². The second-order valence-corrected chi connectivity index (χ2v) is 8.31. The maximum atomic E-state index is 15.0. The molecule has 1 aliphatic heterocycles. The summed E-state index contributed by atoms with van der Waals surface area (Å²) in [5.41, 5.74) is 6.19. The molecule has 4 rings (SSSR count). The fourth-order valence-electron chi connectivity index (χ4n) is 4.11. The van der Waals surface area contributed by atoms with Crippen LogP contribution >= 0.6 is 11.8 Å². The maximum Gasteiger partial charge on any atom is 0.275 e. The lowest BCUT2D eigenvalue weighted by Gasteiger charge is -2.36. The Kier molecular flexibility index (Phi) is 8.13. The molecule has 2 aromatic rings. The molecular formula is C21H27F2N5O3S. The van der Waals surface area contributed by atoms with E-state index < -0.39 is 11.4 Å². The van der Waals surface area contributed by atoms with E-state index >= 15 is 0 Å². The number of hydrogen-bond donors (Lipinski definition) is 2. The normalized spacial score (nSPS) is 23.8. The first kappa shape index (κ1) is 25.5. The Morgan fingerprint density at radius 2 is 2.09 bits per heavy atom. The van der Waals surface area contributed by atoms with Crippen LogP contribution in [0, 0.1) is 11.7 Å². The molecule has 11 heteroatoms. The smallest absolute Gasteiger partial charge is 0.275 e. The van der Waals surface area contributed by atoms with Crippen molar-refractivity contribution in [2.45, 2.75) is 31.9 Å². The number of methoxy groups -OCH3 is 2. The molecule has 2 heterocycles. The van der Waals surface area contributed by atoms with Crippen molar-refractivity contribution < 1.29 is 23.4 Å². The van der Waals surface area contributed by atoms with Gasteiger partial charge in [0.25, 0.3) is 5.91 Å². The van der Waals surface area contributed by atoms with Crippen LogP contribution in [0.3, 0.4) is 0 Å². The molecule has 32 heavy (non-hydrogen) atoms. The molecule has 0 bridgehead atoms. The van der Waals surface area contributed by atoms with Crippen LogP contribution in [-0.2, 0) is 10.3 Å². The van der Waals surface area contributed by atoms with E-state index in [-0.39, 0.29) is 35.7 Å². The van der Waals surface area contributed by atoms with Gasteiger partial charge in [0.05, 0.1) is 31.1 Å². The largest absolute Gasteiger partial charge is 0.480 e. The molecule has 2 aliphatic rings. The van der Waals surface area contributed by atoms with Crippen molar-refractivity contribution >= 4 is 28.5 Å². The summed E-state index contributed by atoms with van der Waals surface area (Å²) in [7, 11) is 3.12. The molecule has 1 fully saturated rings. The van der Waals surface area contributed by atoms with Gasteiger partial charge in [-0.15, -0.1) is 0 Å². The van der Waals surface area contributed by atoms with Crippen LogP contribution in [0.15, 0.2) is 35.6 Å². The van der Waals surface area contributed by atoms with Crippen LogP contribution in [0.25, 0.3) is 0 Å². The predicted molar refractivity (Wildman–Crippen MR) is 121 cm³/mol. The molecule has 1 aromatic heterocycles. The average Bonchev–Trinajstić information content (AvgIpc) is 3.14. The van der Waals surface area contributed by atoms with Gasteiger partial charge in [-0.1, -0.05) is 19.2 Å². The minimum atomic E-state index is -0.805. The van der Waals surface area contributed by atoms with E-state index in [2.05, 4.69) is 15.3 Å². The zero-order chi connectivity index (χ0) is 21.3. The predicted octanol–water partition coefficient (Wildman–Crippen LogP) is 3.35. The number of nitrogens with one attached hydrogen (secondary N) is 1. The molecule has 3 atom stereocenters. The first-order chi connectivity index (χ1) is 14.4. The van der Waals surface area contributed by atoms with E-state index in [4.69, 9.17) is 20.2 Å². The minimum absolute atomic E-state index is 0. The highest BCUT2D eigenvalue weighted by atomic mass is 32.2. The number of rotatable bonds is 5. The fourth-order valence-corrected chi connectivity index (χ4v) is 5.12. The SMILES string of the molecule is C.COc1cnc(C(=O)Nc2ccc(F)c([C@]34C[C@H](OC)C[C@H]3CSC(N)=N4)c2)cn1.F. The van der Waals surface area contributed by atoms with E-state index in [0.717, 1.165) is 12.2 Å². The fraction of sp³-hybridized carbons (Fsp3) is 0.429. The Morgan fingerprint density at radius 3 is 2.75 bits per heavy atom. The Balaban J connectivity index is 0.00000181. The molecule has 1 aromatic carbocycles. The standard InChI is InChI=1S/C20H22FN5O3S.CH4.FH/c1-28-13-5-11-10-30-19(22)26-20(11,7-13)14-6-12(3-4-15(14)21)25-18(27)16-8-24-17(29-2)9-23-16;;/h3-4,6,8-9,11,13H,5,7,10H2,1-2H3,(H2,22,26)(H,25,27);1H4;1H/t11-,13+,20-;;/m0../s1. The van der Waals surface area contributed by atoms with Gasteiger partial charge < -0.3 is 20.5 Å². The van der Waals surface area contributed by atoms with E-state index in [1.807, 2.05) is 0 Å². The van der Waals surface area contributed by atoms with E-state index in [1.165, 1.54) is 43.4 Å². The van der Waals surface area contributed by atoms with Gasteiger partial charge in [-0.3, -0.25) is 14.5 Å². The highest BCUT2D eigenvalue weighted by Gasteiger charge is 2.52. The van der Waals surface area contributed by atoms with E-state index in [0.29, 0.717) is 28.7 Å². The second-order valence-electron chi connectivity index (χ2n) is 7.27. The summed E-state index contributed by atoms with van der Waals surface area (Å²) in [6, 6.07) is 4.47. The first-order valence-corrected chi connectivity index (χ1v) is 10.4. The molecule has 1 amide bonds. The molecule has 1 aliphatic carbocycles. The van der Waals surface area contributed by atoms with Crippen molar-refractivity contribution in [3.8, 4) is 5.88 Å². The monoisotopic (exact) mass is 467 g/mol. The summed E-state index contributed by atoms with van der Waals surface area (Å²) >= 11 is 1.48. The van der Waals surface area contributed by atoms with Crippen LogP contribution in [0.5, 0.6) is 5.88 Å². The van der Waals surface area contributed by atoms with Gasteiger partial charge in [0.1, 0.15) is 11.5 Å². The molecule has 0 spiro atoms. The third-order valence-electron chi connectivity index (χ3n) is 5.60.